The highest BCUT2D eigenvalue weighted by Crippen LogP contribution is 2.21. The van der Waals surface area contributed by atoms with Crippen LogP contribution in [0.3, 0.4) is 0 Å². The number of anilines is 1. The van der Waals surface area contributed by atoms with E-state index in [0.29, 0.717) is 12.3 Å². The molecular weight excluding hydrogens is 393 g/mol. The van der Waals surface area contributed by atoms with Gasteiger partial charge in [0, 0.05) is 38.4 Å². The summed E-state index contributed by atoms with van der Waals surface area (Å²) in [6.45, 7) is 6.62. The number of halogens is 1. The molecule has 0 unspecified atom stereocenters. The summed E-state index contributed by atoms with van der Waals surface area (Å²) in [5.74, 6) is 0.448. The Bertz CT molecular complexity index is 911. The number of rotatable bonds is 8. The van der Waals surface area contributed by atoms with E-state index in [2.05, 4.69) is 14.5 Å². The van der Waals surface area contributed by atoms with Crippen molar-refractivity contribution in [2.45, 2.75) is 18.2 Å². The number of aryl methyl sites for hydroxylation is 1. The predicted molar refractivity (Wildman–Crippen MR) is 113 cm³/mol. The largest absolute Gasteiger partial charge is 0.496 e. The predicted octanol–water partition coefficient (Wildman–Crippen LogP) is 2.63. The highest BCUT2D eigenvalue weighted by molar-refractivity contribution is 7.89. The van der Waals surface area contributed by atoms with Crippen LogP contribution >= 0.6 is 0 Å². The second-order valence-electron chi connectivity index (χ2n) is 7.19. The van der Waals surface area contributed by atoms with Crippen molar-refractivity contribution in [3.8, 4) is 5.75 Å². The molecule has 0 bridgehead atoms. The third-order valence-electron chi connectivity index (χ3n) is 5.18. The maximum Gasteiger partial charge on any atom is 0.240 e. The Hall–Kier alpha value is -2.16. The van der Waals surface area contributed by atoms with Gasteiger partial charge in [-0.3, -0.25) is 4.90 Å². The van der Waals surface area contributed by atoms with E-state index in [0.717, 1.165) is 50.4 Å². The molecule has 6 nitrogen and oxygen atoms in total. The Labute approximate surface area is 172 Å². The molecule has 0 saturated carbocycles. The molecule has 0 aliphatic carbocycles. The monoisotopic (exact) mass is 421 g/mol. The maximum absolute atomic E-state index is 13.1. The SMILES string of the molecule is COc1ccc(S(=O)(=O)NCCCN2CCN(c3ccc(F)cc3)CC2)cc1C. The average molecular weight is 422 g/mol. The van der Waals surface area contributed by atoms with Crippen LogP contribution in [-0.2, 0) is 10.0 Å². The highest BCUT2D eigenvalue weighted by atomic mass is 32.2. The van der Waals surface area contributed by atoms with E-state index in [9.17, 15) is 12.8 Å². The van der Waals surface area contributed by atoms with Crippen molar-refractivity contribution in [2.24, 2.45) is 0 Å². The van der Waals surface area contributed by atoms with Gasteiger partial charge >= 0.3 is 0 Å². The normalized spacial score (nSPS) is 15.5. The number of methoxy groups -OCH3 is 1. The van der Waals surface area contributed by atoms with Crippen LogP contribution in [0, 0.1) is 12.7 Å². The van der Waals surface area contributed by atoms with Crippen molar-refractivity contribution in [1.29, 1.82) is 0 Å². The van der Waals surface area contributed by atoms with E-state index in [4.69, 9.17) is 4.74 Å². The first kappa shape index (κ1) is 21.5. The molecule has 158 valence electrons. The van der Waals surface area contributed by atoms with Gasteiger partial charge in [-0.05, 0) is 67.9 Å². The molecular formula is C21H28FN3O3S. The summed E-state index contributed by atoms with van der Waals surface area (Å²) >= 11 is 0. The molecule has 0 spiro atoms. The Kier molecular flexibility index (Phi) is 7.10. The van der Waals surface area contributed by atoms with Crippen LogP contribution in [0.25, 0.3) is 0 Å². The van der Waals surface area contributed by atoms with Gasteiger partial charge in [-0.15, -0.1) is 0 Å². The molecule has 1 saturated heterocycles. The zero-order valence-electron chi connectivity index (χ0n) is 16.9. The minimum atomic E-state index is -3.52. The summed E-state index contributed by atoms with van der Waals surface area (Å²) in [4.78, 5) is 4.82. The molecule has 1 aliphatic heterocycles. The van der Waals surface area contributed by atoms with Gasteiger partial charge in [-0.1, -0.05) is 0 Å². The van der Waals surface area contributed by atoms with Gasteiger partial charge in [-0.2, -0.15) is 0 Å². The molecule has 0 atom stereocenters. The van der Waals surface area contributed by atoms with Gasteiger partial charge in [0.15, 0.2) is 0 Å². The first-order chi connectivity index (χ1) is 13.9. The Balaban J connectivity index is 1.41. The van der Waals surface area contributed by atoms with E-state index in [1.165, 1.54) is 12.1 Å². The summed E-state index contributed by atoms with van der Waals surface area (Å²) in [7, 11) is -1.96. The number of piperazine rings is 1. The van der Waals surface area contributed by atoms with Gasteiger partial charge in [-0.25, -0.2) is 17.5 Å². The quantitative estimate of drug-likeness (QED) is 0.664. The van der Waals surface area contributed by atoms with E-state index in [1.54, 1.807) is 37.4 Å². The number of sulfonamides is 1. The lowest BCUT2D eigenvalue weighted by Crippen LogP contribution is -2.47. The molecule has 29 heavy (non-hydrogen) atoms. The zero-order chi connectivity index (χ0) is 20.9. The Morgan fingerprint density at radius 2 is 1.76 bits per heavy atom. The van der Waals surface area contributed by atoms with Crippen LogP contribution in [0.1, 0.15) is 12.0 Å². The van der Waals surface area contributed by atoms with E-state index in [-0.39, 0.29) is 10.7 Å². The van der Waals surface area contributed by atoms with Crippen molar-refractivity contribution in [2.75, 3.05) is 51.3 Å². The average Bonchev–Trinajstić information content (AvgIpc) is 2.72. The lowest BCUT2D eigenvalue weighted by molar-refractivity contribution is 0.255. The van der Waals surface area contributed by atoms with E-state index >= 15 is 0 Å². The number of benzene rings is 2. The van der Waals surface area contributed by atoms with Crippen LogP contribution in [0.4, 0.5) is 10.1 Å². The minimum absolute atomic E-state index is 0.223. The molecule has 1 aliphatic rings. The summed E-state index contributed by atoms with van der Waals surface area (Å²) in [5, 5.41) is 0. The fraction of sp³-hybridized carbons (Fsp3) is 0.429. The third-order valence-corrected chi connectivity index (χ3v) is 6.64. The molecule has 3 rings (SSSR count). The lowest BCUT2D eigenvalue weighted by Gasteiger charge is -2.36. The van der Waals surface area contributed by atoms with Crippen LogP contribution in [-0.4, -0.2) is 59.7 Å². The van der Waals surface area contributed by atoms with Crippen molar-refractivity contribution in [1.82, 2.24) is 9.62 Å². The lowest BCUT2D eigenvalue weighted by atomic mass is 10.2. The summed E-state index contributed by atoms with van der Waals surface area (Å²) in [6.07, 6.45) is 0.741. The first-order valence-corrected chi connectivity index (χ1v) is 11.2. The van der Waals surface area contributed by atoms with Crippen LogP contribution < -0.4 is 14.4 Å². The van der Waals surface area contributed by atoms with Gasteiger partial charge in [0.05, 0.1) is 12.0 Å². The number of hydrogen-bond acceptors (Lipinski definition) is 5. The van der Waals surface area contributed by atoms with E-state index < -0.39 is 10.0 Å². The molecule has 0 radical (unpaired) electrons. The fourth-order valence-corrected chi connectivity index (χ4v) is 4.65. The fourth-order valence-electron chi connectivity index (χ4n) is 3.49. The minimum Gasteiger partial charge on any atom is -0.496 e. The van der Waals surface area contributed by atoms with Crippen molar-refractivity contribution < 1.29 is 17.5 Å². The number of ether oxygens (including phenoxy) is 1. The van der Waals surface area contributed by atoms with Crippen molar-refractivity contribution in [3.05, 3.63) is 53.8 Å². The topological polar surface area (TPSA) is 61.9 Å². The summed E-state index contributed by atoms with van der Waals surface area (Å²) in [5.41, 5.74) is 1.82. The van der Waals surface area contributed by atoms with Crippen LogP contribution in [0.5, 0.6) is 5.75 Å². The standard InChI is InChI=1S/C21H28FN3O3S/c1-17-16-20(8-9-21(17)28-2)29(26,27)23-10-3-11-24-12-14-25(15-13-24)19-6-4-18(22)5-7-19/h4-9,16,23H,3,10-15H2,1-2H3. The summed E-state index contributed by atoms with van der Waals surface area (Å²) < 4.78 is 45.8. The molecule has 0 amide bonds. The summed E-state index contributed by atoms with van der Waals surface area (Å²) in [6, 6.07) is 11.4. The van der Waals surface area contributed by atoms with Crippen LogP contribution in [0.2, 0.25) is 0 Å². The van der Waals surface area contributed by atoms with Gasteiger partial charge in [0.2, 0.25) is 10.0 Å². The maximum atomic E-state index is 13.1. The number of nitrogens with one attached hydrogen (secondary N) is 1. The van der Waals surface area contributed by atoms with Gasteiger partial charge in [0.25, 0.3) is 0 Å². The van der Waals surface area contributed by atoms with Gasteiger partial charge < -0.3 is 9.64 Å². The van der Waals surface area contributed by atoms with E-state index in [1.807, 2.05) is 6.92 Å². The zero-order valence-corrected chi connectivity index (χ0v) is 17.7. The molecule has 1 fully saturated rings. The molecule has 1 heterocycles. The molecule has 0 aromatic heterocycles. The molecule has 8 heteroatoms. The van der Waals surface area contributed by atoms with Crippen LogP contribution in [0.15, 0.2) is 47.4 Å². The van der Waals surface area contributed by atoms with Gasteiger partial charge in [0.1, 0.15) is 11.6 Å². The second kappa shape index (κ2) is 9.56. The second-order valence-corrected chi connectivity index (χ2v) is 8.95. The third kappa shape index (κ3) is 5.68. The van der Waals surface area contributed by atoms with Crippen molar-refractivity contribution >= 4 is 15.7 Å². The highest BCUT2D eigenvalue weighted by Gasteiger charge is 2.18. The Morgan fingerprint density at radius 3 is 2.38 bits per heavy atom. The first-order valence-electron chi connectivity index (χ1n) is 9.76. The molecule has 2 aromatic rings. The van der Waals surface area contributed by atoms with Crippen molar-refractivity contribution in [3.63, 3.8) is 0 Å². The Morgan fingerprint density at radius 1 is 1.07 bits per heavy atom. The number of hydrogen-bond donors (Lipinski definition) is 1. The molecule has 2 aromatic carbocycles. The smallest absolute Gasteiger partial charge is 0.240 e. The number of nitrogens with zero attached hydrogens (tertiary/aromatic N) is 2. The molecule has 1 N–H and O–H groups in total.